The largest absolute Gasteiger partial charge is 0.0616 e. The SMILES string of the molecule is C(=Cc1ccc2cc3ccccc3cc2c1)c1ccc(C=Cc2ccc3cc4ccccc4cc3c2)cc1. The molecule has 0 aliphatic heterocycles. The summed E-state index contributed by atoms with van der Waals surface area (Å²) in [4.78, 5) is 0. The van der Waals surface area contributed by atoms with E-state index in [0.29, 0.717) is 0 Å². The highest BCUT2D eigenvalue weighted by Gasteiger charge is 2.00. The summed E-state index contributed by atoms with van der Waals surface area (Å²) in [6.45, 7) is 0. The first-order chi connectivity index (χ1) is 18.8. The van der Waals surface area contributed by atoms with E-state index < -0.39 is 0 Å². The number of rotatable bonds is 4. The van der Waals surface area contributed by atoms with Crippen molar-refractivity contribution in [3.63, 3.8) is 0 Å². The van der Waals surface area contributed by atoms with E-state index in [0.717, 1.165) is 0 Å². The molecule has 0 unspecified atom stereocenters. The van der Waals surface area contributed by atoms with Gasteiger partial charge in [-0.2, -0.15) is 0 Å². The van der Waals surface area contributed by atoms with Crippen molar-refractivity contribution in [1.29, 1.82) is 0 Å². The molecular formula is C38H26. The van der Waals surface area contributed by atoms with E-state index in [1.54, 1.807) is 0 Å². The highest BCUT2D eigenvalue weighted by Crippen LogP contribution is 2.26. The predicted molar refractivity (Wildman–Crippen MR) is 167 cm³/mol. The number of fused-ring (bicyclic) bond motifs is 4. The maximum absolute atomic E-state index is 2.28. The van der Waals surface area contributed by atoms with Gasteiger partial charge in [-0.25, -0.2) is 0 Å². The fourth-order valence-corrected chi connectivity index (χ4v) is 5.23. The van der Waals surface area contributed by atoms with Crippen LogP contribution in [-0.2, 0) is 0 Å². The highest BCUT2D eigenvalue weighted by molar-refractivity contribution is 6.00. The molecule has 0 saturated heterocycles. The molecule has 0 aliphatic rings. The summed E-state index contributed by atoms with van der Waals surface area (Å²) in [5.41, 5.74) is 4.80. The van der Waals surface area contributed by atoms with Crippen LogP contribution in [0.3, 0.4) is 0 Å². The van der Waals surface area contributed by atoms with Crippen molar-refractivity contribution in [1.82, 2.24) is 0 Å². The van der Waals surface area contributed by atoms with Gasteiger partial charge in [0.25, 0.3) is 0 Å². The first-order valence-corrected chi connectivity index (χ1v) is 13.1. The quantitative estimate of drug-likeness (QED) is 0.173. The Labute approximate surface area is 222 Å². The van der Waals surface area contributed by atoms with E-state index in [-0.39, 0.29) is 0 Å². The molecule has 7 rings (SSSR count). The second kappa shape index (κ2) is 9.50. The minimum atomic E-state index is 1.19. The average molecular weight is 483 g/mol. The van der Waals surface area contributed by atoms with Gasteiger partial charge in [0.05, 0.1) is 0 Å². The molecule has 7 aromatic carbocycles. The topological polar surface area (TPSA) is 0 Å². The zero-order valence-electron chi connectivity index (χ0n) is 21.0. The Morgan fingerprint density at radius 2 is 0.526 bits per heavy atom. The lowest BCUT2D eigenvalue weighted by Gasteiger charge is -2.04. The lowest BCUT2D eigenvalue weighted by atomic mass is 10.0. The fourth-order valence-electron chi connectivity index (χ4n) is 5.23. The van der Waals surface area contributed by atoms with Gasteiger partial charge in [0.15, 0.2) is 0 Å². The standard InChI is InChI=1S/C38H26/c1-3-7-33-25-37-21-29(17-19-35(37)23-31(33)5-1)15-13-27-9-11-28(12-10-27)14-16-30-18-20-36-24-32-6-2-4-8-34(32)26-38(36)22-30/h1-26H. The van der Waals surface area contributed by atoms with E-state index >= 15 is 0 Å². The minimum Gasteiger partial charge on any atom is -0.0616 e. The summed E-state index contributed by atoms with van der Waals surface area (Å²) < 4.78 is 0. The van der Waals surface area contributed by atoms with Gasteiger partial charge in [-0.3, -0.25) is 0 Å². The molecule has 0 bridgehead atoms. The van der Waals surface area contributed by atoms with Gasteiger partial charge < -0.3 is 0 Å². The number of hydrogen-bond donors (Lipinski definition) is 0. The highest BCUT2D eigenvalue weighted by atomic mass is 14.0. The number of hydrogen-bond acceptors (Lipinski definition) is 0. The van der Waals surface area contributed by atoms with Crippen LogP contribution in [0.5, 0.6) is 0 Å². The van der Waals surface area contributed by atoms with Crippen molar-refractivity contribution in [2.75, 3.05) is 0 Å². The molecule has 0 aromatic heterocycles. The van der Waals surface area contributed by atoms with Crippen LogP contribution in [0.1, 0.15) is 22.3 Å². The summed E-state index contributed by atoms with van der Waals surface area (Å²) in [6.07, 6.45) is 8.75. The molecule has 0 heteroatoms. The minimum absolute atomic E-state index is 1.19. The van der Waals surface area contributed by atoms with Crippen LogP contribution in [-0.4, -0.2) is 0 Å². The van der Waals surface area contributed by atoms with Gasteiger partial charge in [0, 0.05) is 0 Å². The summed E-state index contributed by atoms with van der Waals surface area (Å²) in [6, 6.07) is 48.2. The van der Waals surface area contributed by atoms with E-state index in [4.69, 9.17) is 0 Å². The zero-order valence-corrected chi connectivity index (χ0v) is 21.0. The van der Waals surface area contributed by atoms with Gasteiger partial charge >= 0.3 is 0 Å². The summed E-state index contributed by atoms with van der Waals surface area (Å²) in [7, 11) is 0. The molecule has 0 atom stereocenters. The Hall–Kier alpha value is -4.94. The molecule has 7 aromatic rings. The van der Waals surface area contributed by atoms with Crippen LogP contribution in [0.15, 0.2) is 133 Å². The van der Waals surface area contributed by atoms with Crippen LogP contribution in [0.25, 0.3) is 67.4 Å². The maximum atomic E-state index is 2.28. The van der Waals surface area contributed by atoms with Gasteiger partial charge in [-0.15, -0.1) is 0 Å². The smallest absolute Gasteiger partial charge is 0.0172 e. The zero-order chi connectivity index (χ0) is 25.3. The molecule has 0 spiro atoms. The molecule has 0 heterocycles. The molecule has 0 radical (unpaired) electrons. The Balaban J connectivity index is 1.08. The second-order valence-electron chi connectivity index (χ2n) is 9.95. The first-order valence-electron chi connectivity index (χ1n) is 13.1. The van der Waals surface area contributed by atoms with Crippen molar-refractivity contribution < 1.29 is 0 Å². The predicted octanol–water partition coefficient (Wildman–Crippen LogP) is 10.6. The van der Waals surface area contributed by atoms with Gasteiger partial charge in [0.2, 0.25) is 0 Å². The molecular weight excluding hydrogens is 456 g/mol. The van der Waals surface area contributed by atoms with E-state index in [2.05, 4.69) is 158 Å². The first kappa shape index (κ1) is 22.3. The van der Waals surface area contributed by atoms with Crippen LogP contribution in [0.2, 0.25) is 0 Å². The maximum Gasteiger partial charge on any atom is -0.0172 e. The van der Waals surface area contributed by atoms with Gasteiger partial charge in [0.1, 0.15) is 0 Å². The third-order valence-electron chi connectivity index (χ3n) is 7.33. The van der Waals surface area contributed by atoms with Crippen molar-refractivity contribution in [2.24, 2.45) is 0 Å². The van der Waals surface area contributed by atoms with Gasteiger partial charge in [-0.1, -0.05) is 121 Å². The molecule has 38 heavy (non-hydrogen) atoms. The van der Waals surface area contributed by atoms with Gasteiger partial charge in [-0.05, 0) is 102 Å². The Morgan fingerprint density at radius 3 is 0.921 bits per heavy atom. The van der Waals surface area contributed by atoms with E-state index in [1.807, 2.05) is 0 Å². The number of benzene rings is 7. The van der Waals surface area contributed by atoms with Crippen LogP contribution < -0.4 is 0 Å². The Kier molecular flexibility index (Phi) is 5.57. The summed E-state index contributed by atoms with van der Waals surface area (Å²) in [5.74, 6) is 0. The Bertz CT molecular complexity index is 1860. The third kappa shape index (κ3) is 4.49. The second-order valence-corrected chi connectivity index (χ2v) is 9.95. The lowest BCUT2D eigenvalue weighted by molar-refractivity contribution is 1.62. The molecule has 0 aliphatic carbocycles. The lowest BCUT2D eigenvalue weighted by Crippen LogP contribution is -1.79. The van der Waals surface area contributed by atoms with Crippen molar-refractivity contribution >= 4 is 67.4 Å². The summed E-state index contributed by atoms with van der Waals surface area (Å²) in [5, 5.41) is 10.2. The van der Waals surface area contributed by atoms with Crippen LogP contribution >= 0.6 is 0 Å². The normalized spacial score (nSPS) is 12.0. The van der Waals surface area contributed by atoms with Crippen LogP contribution in [0.4, 0.5) is 0 Å². The monoisotopic (exact) mass is 482 g/mol. The average Bonchev–Trinajstić information content (AvgIpc) is 2.97. The van der Waals surface area contributed by atoms with Crippen molar-refractivity contribution in [3.8, 4) is 0 Å². The molecule has 178 valence electrons. The molecule has 0 N–H and O–H groups in total. The Morgan fingerprint density at radius 1 is 0.237 bits per heavy atom. The molecule has 0 nitrogen and oxygen atoms in total. The fraction of sp³-hybridized carbons (Fsp3) is 0. The van der Waals surface area contributed by atoms with Crippen molar-refractivity contribution in [2.45, 2.75) is 0 Å². The summed E-state index contributed by atoms with van der Waals surface area (Å²) >= 11 is 0. The molecule has 0 fully saturated rings. The van der Waals surface area contributed by atoms with Crippen molar-refractivity contribution in [3.05, 3.63) is 156 Å². The molecule has 0 amide bonds. The third-order valence-corrected chi connectivity index (χ3v) is 7.33. The van der Waals surface area contributed by atoms with E-state index in [1.165, 1.54) is 65.3 Å². The molecule has 0 saturated carbocycles. The van der Waals surface area contributed by atoms with Crippen LogP contribution in [0, 0.1) is 0 Å². The van der Waals surface area contributed by atoms with E-state index in [9.17, 15) is 0 Å².